The van der Waals surface area contributed by atoms with E-state index < -0.39 is 27.8 Å². The van der Waals surface area contributed by atoms with Crippen LogP contribution in [0.4, 0.5) is 0 Å². The van der Waals surface area contributed by atoms with E-state index in [1.54, 1.807) is 24.3 Å². The number of carbonyl (C=O) groups is 2. The molecule has 3 saturated heterocycles. The topological polar surface area (TPSA) is 126 Å². The first-order valence-corrected chi connectivity index (χ1v) is 15.2. The van der Waals surface area contributed by atoms with Gasteiger partial charge in [-0.25, -0.2) is 8.42 Å². The van der Waals surface area contributed by atoms with Gasteiger partial charge in [0.05, 0.1) is 50.0 Å². The molecule has 3 aliphatic heterocycles. The lowest BCUT2D eigenvalue weighted by Gasteiger charge is -2.29. The van der Waals surface area contributed by atoms with Gasteiger partial charge in [0, 0.05) is 44.8 Å². The molecule has 1 atom stereocenters. The highest BCUT2D eigenvalue weighted by Crippen LogP contribution is 2.40. The number of likely N-dealkylation sites (tertiary alicyclic amines) is 1. The molecule has 3 aliphatic rings. The molecule has 2 aromatic rings. The van der Waals surface area contributed by atoms with Crippen LogP contribution in [0.5, 0.6) is 5.75 Å². The molecule has 2 aromatic carbocycles. The number of benzene rings is 2. The van der Waals surface area contributed by atoms with E-state index in [-0.39, 0.29) is 34.9 Å². The predicted octanol–water partition coefficient (Wildman–Crippen LogP) is 1.86. The Bertz CT molecular complexity index is 1400. The van der Waals surface area contributed by atoms with Crippen molar-refractivity contribution >= 4 is 27.5 Å². The maximum Gasteiger partial charge on any atom is 0.295 e. The van der Waals surface area contributed by atoms with Crippen molar-refractivity contribution in [1.29, 1.82) is 0 Å². The summed E-state index contributed by atoms with van der Waals surface area (Å²) in [5.74, 6) is -1.28. The number of hydrogen-bond donors (Lipinski definition) is 1. The molecular formula is C29H35N3O8S. The molecule has 1 unspecified atom stereocenters. The highest BCUT2D eigenvalue weighted by Gasteiger charge is 2.46. The van der Waals surface area contributed by atoms with Gasteiger partial charge >= 0.3 is 0 Å². The van der Waals surface area contributed by atoms with Crippen LogP contribution in [0, 0.1) is 0 Å². The summed E-state index contributed by atoms with van der Waals surface area (Å²) in [5.41, 5.74) is 0.826. The summed E-state index contributed by atoms with van der Waals surface area (Å²) in [6.07, 6.45) is 0.641. The average Bonchev–Trinajstić information content (AvgIpc) is 3.27. The minimum absolute atomic E-state index is 0.0431. The first kappa shape index (κ1) is 29.2. The first-order chi connectivity index (χ1) is 19.8. The van der Waals surface area contributed by atoms with Crippen LogP contribution in [0.3, 0.4) is 0 Å². The fourth-order valence-electron chi connectivity index (χ4n) is 5.43. The maximum absolute atomic E-state index is 13.4. The van der Waals surface area contributed by atoms with Crippen molar-refractivity contribution in [1.82, 2.24) is 14.1 Å². The number of morpholine rings is 2. The second kappa shape index (κ2) is 12.7. The summed E-state index contributed by atoms with van der Waals surface area (Å²) in [5, 5.41) is 11.4. The van der Waals surface area contributed by atoms with Gasteiger partial charge in [-0.2, -0.15) is 4.31 Å². The number of hydrogen-bond acceptors (Lipinski definition) is 9. The molecular weight excluding hydrogens is 550 g/mol. The minimum Gasteiger partial charge on any atom is -0.507 e. The van der Waals surface area contributed by atoms with Gasteiger partial charge in [-0.15, -0.1) is 0 Å². The van der Waals surface area contributed by atoms with Crippen LogP contribution < -0.4 is 4.74 Å². The molecule has 11 nitrogen and oxygen atoms in total. The van der Waals surface area contributed by atoms with Crippen molar-refractivity contribution in [2.45, 2.75) is 17.4 Å². The van der Waals surface area contributed by atoms with Crippen LogP contribution in [0.15, 0.2) is 59.0 Å². The molecule has 0 saturated carbocycles. The molecule has 12 heteroatoms. The predicted molar refractivity (Wildman–Crippen MR) is 150 cm³/mol. The summed E-state index contributed by atoms with van der Waals surface area (Å²) in [6.45, 7) is 5.21. The van der Waals surface area contributed by atoms with Crippen molar-refractivity contribution in [2.75, 3.05) is 72.8 Å². The van der Waals surface area contributed by atoms with Gasteiger partial charge in [0.2, 0.25) is 10.0 Å². The Morgan fingerprint density at radius 1 is 0.951 bits per heavy atom. The monoisotopic (exact) mass is 585 g/mol. The van der Waals surface area contributed by atoms with Gasteiger partial charge in [-0.05, 0) is 48.4 Å². The fourth-order valence-corrected chi connectivity index (χ4v) is 6.84. The number of ether oxygens (including phenoxy) is 3. The SMILES string of the molecule is COc1cccc(C2/C(=C(\O)c3ccc(S(=O)(=O)N4CCOCC4)cc3)C(=O)C(=O)N2CCCN2CCOCC2)c1. The average molecular weight is 586 g/mol. The Kier molecular flexibility index (Phi) is 9.05. The maximum atomic E-state index is 13.4. The third-order valence-corrected chi connectivity index (χ3v) is 9.58. The van der Waals surface area contributed by atoms with E-state index in [1.807, 2.05) is 0 Å². The van der Waals surface area contributed by atoms with Crippen LogP contribution in [0.2, 0.25) is 0 Å². The standard InChI is InChI=1S/C29H35N3O8S/c1-38-23-5-2-4-22(20-23)26-25(28(34)29(35)32(26)11-3-10-30-12-16-39-17-13-30)27(33)21-6-8-24(9-7-21)41(36,37)31-14-18-40-19-15-31/h2,4-9,20,26,33H,3,10-19H2,1H3/b27-25+. The highest BCUT2D eigenvalue weighted by atomic mass is 32.2. The molecule has 1 N–H and O–H groups in total. The zero-order valence-corrected chi connectivity index (χ0v) is 23.8. The molecule has 0 bridgehead atoms. The fraction of sp³-hybridized carbons (Fsp3) is 0.448. The highest BCUT2D eigenvalue weighted by molar-refractivity contribution is 7.89. The van der Waals surface area contributed by atoms with E-state index >= 15 is 0 Å². The molecule has 0 aromatic heterocycles. The third-order valence-electron chi connectivity index (χ3n) is 7.66. The smallest absolute Gasteiger partial charge is 0.295 e. The molecule has 0 spiro atoms. The normalized spacial score (nSPS) is 22.3. The lowest BCUT2D eigenvalue weighted by molar-refractivity contribution is -0.140. The van der Waals surface area contributed by atoms with Crippen molar-refractivity contribution in [3.8, 4) is 5.75 Å². The van der Waals surface area contributed by atoms with E-state index in [0.29, 0.717) is 50.7 Å². The van der Waals surface area contributed by atoms with Crippen molar-refractivity contribution < 1.29 is 37.3 Å². The minimum atomic E-state index is -3.73. The molecule has 3 heterocycles. The molecule has 220 valence electrons. The van der Waals surface area contributed by atoms with E-state index in [4.69, 9.17) is 14.2 Å². The quantitative estimate of drug-likeness (QED) is 0.267. The van der Waals surface area contributed by atoms with E-state index in [9.17, 15) is 23.1 Å². The van der Waals surface area contributed by atoms with E-state index in [2.05, 4.69) is 4.90 Å². The van der Waals surface area contributed by atoms with Gasteiger partial charge in [-0.3, -0.25) is 14.5 Å². The second-order valence-electron chi connectivity index (χ2n) is 10.1. The molecule has 0 aliphatic carbocycles. The van der Waals surface area contributed by atoms with Crippen LogP contribution in [0.25, 0.3) is 5.76 Å². The Balaban J connectivity index is 1.46. The molecule has 3 fully saturated rings. The molecule has 41 heavy (non-hydrogen) atoms. The number of sulfonamides is 1. The van der Waals surface area contributed by atoms with Gasteiger partial charge in [0.25, 0.3) is 11.7 Å². The lowest BCUT2D eigenvalue weighted by atomic mass is 9.95. The second-order valence-corrected chi connectivity index (χ2v) is 12.1. The zero-order valence-electron chi connectivity index (χ0n) is 23.0. The van der Waals surface area contributed by atoms with Crippen LogP contribution in [-0.4, -0.2) is 112 Å². The van der Waals surface area contributed by atoms with Crippen LogP contribution >= 0.6 is 0 Å². The zero-order chi connectivity index (χ0) is 29.0. The number of methoxy groups -OCH3 is 1. The number of amides is 1. The first-order valence-electron chi connectivity index (χ1n) is 13.7. The number of carbonyl (C=O) groups excluding carboxylic acids is 2. The summed E-state index contributed by atoms with van der Waals surface area (Å²) in [4.78, 5) is 30.5. The summed E-state index contributed by atoms with van der Waals surface area (Å²) in [6, 6.07) is 12.0. The Morgan fingerprint density at radius 2 is 1.61 bits per heavy atom. The third kappa shape index (κ3) is 6.16. The molecule has 5 rings (SSSR count). The summed E-state index contributed by atoms with van der Waals surface area (Å²) < 4.78 is 43.5. The Morgan fingerprint density at radius 3 is 2.27 bits per heavy atom. The Labute approximate surface area is 239 Å². The van der Waals surface area contributed by atoms with E-state index in [0.717, 1.165) is 19.6 Å². The molecule has 1 amide bonds. The van der Waals surface area contributed by atoms with E-state index in [1.165, 1.54) is 40.6 Å². The largest absolute Gasteiger partial charge is 0.507 e. The number of aliphatic hydroxyl groups excluding tert-OH is 1. The van der Waals surface area contributed by atoms with Crippen LogP contribution in [-0.2, 0) is 29.1 Å². The van der Waals surface area contributed by atoms with Crippen molar-refractivity contribution in [3.63, 3.8) is 0 Å². The number of nitrogens with zero attached hydrogens (tertiary/aromatic N) is 3. The van der Waals surface area contributed by atoms with Crippen LogP contribution in [0.1, 0.15) is 23.6 Å². The van der Waals surface area contributed by atoms with Gasteiger partial charge in [0.15, 0.2) is 0 Å². The van der Waals surface area contributed by atoms with Crippen molar-refractivity contribution in [3.05, 3.63) is 65.2 Å². The number of ketones is 1. The van der Waals surface area contributed by atoms with Gasteiger partial charge in [0.1, 0.15) is 11.5 Å². The van der Waals surface area contributed by atoms with Gasteiger partial charge in [-0.1, -0.05) is 12.1 Å². The van der Waals surface area contributed by atoms with Crippen molar-refractivity contribution in [2.24, 2.45) is 0 Å². The van der Waals surface area contributed by atoms with Gasteiger partial charge < -0.3 is 24.2 Å². The molecule has 0 radical (unpaired) electrons. The number of aliphatic hydroxyl groups is 1. The lowest BCUT2D eigenvalue weighted by Crippen LogP contribution is -2.40. The summed E-state index contributed by atoms with van der Waals surface area (Å²) >= 11 is 0. The Hall–Kier alpha value is -3.29. The summed E-state index contributed by atoms with van der Waals surface area (Å²) in [7, 11) is -2.20. The number of rotatable bonds is 9. The number of Topliss-reactive ketones (excluding diaryl/α,β-unsaturated/α-hetero) is 1.